The van der Waals surface area contributed by atoms with E-state index >= 15 is 0 Å². The number of likely N-dealkylation sites (N-methyl/N-ethyl adjacent to an activating group) is 1. The van der Waals surface area contributed by atoms with Crippen molar-refractivity contribution in [2.24, 2.45) is 0 Å². The summed E-state index contributed by atoms with van der Waals surface area (Å²) < 4.78 is 60.4. The fourth-order valence-electron chi connectivity index (χ4n) is 3.16. The molecule has 1 atom stereocenters. The Morgan fingerprint density at radius 2 is 1.76 bits per heavy atom. The van der Waals surface area contributed by atoms with E-state index in [9.17, 15) is 26.8 Å². The lowest BCUT2D eigenvalue weighted by molar-refractivity contribution is -0.153. The van der Waals surface area contributed by atoms with E-state index in [0.717, 1.165) is 29.3 Å². The van der Waals surface area contributed by atoms with Gasteiger partial charge in [0.05, 0.1) is 29.1 Å². The first-order valence-electron chi connectivity index (χ1n) is 9.91. The van der Waals surface area contributed by atoms with Crippen LogP contribution >= 0.6 is 11.6 Å². The number of halogens is 3. The molecule has 0 saturated carbocycles. The maximum Gasteiger partial charge on any atom is 0.397 e. The van der Waals surface area contributed by atoms with E-state index in [4.69, 9.17) is 11.6 Å². The number of esters is 1. The summed E-state index contributed by atoms with van der Waals surface area (Å²) in [4.78, 5) is 28.8. The van der Waals surface area contributed by atoms with Crippen LogP contribution in [0.2, 0.25) is 5.02 Å². The number of aromatic nitrogens is 1. The third-order valence-electron chi connectivity index (χ3n) is 4.87. The highest BCUT2D eigenvalue weighted by Gasteiger charge is 2.34. The third-order valence-corrected chi connectivity index (χ3v) is 7.17. The van der Waals surface area contributed by atoms with Gasteiger partial charge in [-0.05, 0) is 61.5 Å². The van der Waals surface area contributed by atoms with Crippen LogP contribution in [0.3, 0.4) is 0 Å². The Morgan fingerprint density at radius 3 is 2.35 bits per heavy atom. The lowest BCUT2D eigenvalue weighted by atomic mass is 10.1. The minimum Gasteiger partial charge on any atom is -0.459 e. The molecule has 0 saturated heterocycles. The van der Waals surface area contributed by atoms with Gasteiger partial charge in [0.15, 0.2) is 9.84 Å². The number of anilines is 1. The van der Waals surface area contributed by atoms with Crippen LogP contribution in [0.25, 0.3) is 0 Å². The minimum atomic E-state index is -4.32. The van der Waals surface area contributed by atoms with Crippen molar-refractivity contribution >= 4 is 39.0 Å². The normalized spacial score (nSPS) is 12.1. The van der Waals surface area contributed by atoms with Crippen LogP contribution in [0.5, 0.6) is 0 Å². The van der Waals surface area contributed by atoms with Gasteiger partial charge in [-0.15, -0.1) is 0 Å². The molecule has 0 spiro atoms. The van der Waals surface area contributed by atoms with Crippen LogP contribution < -0.4 is 4.90 Å². The van der Waals surface area contributed by atoms with Crippen molar-refractivity contribution in [3.63, 3.8) is 0 Å². The summed E-state index contributed by atoms with van der Waals surface area (Å²) in [5.41, 5.74) is -0.407. The number of carbonyl (C=O) groups excluding carboxylic acids is 2. The molecule has 0 aliphatic rings. The number of sulfone groups is 1. The molecule has 7 nitrogen and oxygen atoms in total. The van der Waals surface area contributed by atoms with Gasteiger partial charge in [-0.2, -0.15) is 0 Å². The van der Waals surface area contributed by atoms with Crippen molar-refractivity contribution < 1.29 is 31.5 Å². The molecule has 1 unspecified atom stereocenters. The molecule has 0 bridgehead atoms. The lowest BCUT2D eigenvalue weighted by Crippen LogP contribution is -2.34. The summed E-state index contributed by atoms with van der Waals surface area (Å²) in [5.74, 6) is -3.80. The maximum absolute atomic E-state index is 14.7. The summed E-state index contributed by atoms with van der Waals surface area (Å²) in [5, 5.41) is -1.41. The SMILES string of the molecule is CCOC(=O)C(=O)N(C)c1ccc(C(c2cc(F)ccc2F)S(=O)(=O)c2ccc(Cl)cc2)nc1. The summed E-state index contributed by atoms with van der Waals surface area (Å²) in [7, 11) is -3.01. The van der Waals surface area contributed by atoms with Gasteiger partial charge >= 0.3 is 11.9 Å². The number of nitrogens with zero attached hydrogens (tertiary/aromatic N) is 2. The maximum atomic E-state index is 14.7. The van der Waals surface area contributed by atoms with Crippen LogP contribution in [0.4, 0.5) is 14.5 Å². The van der Waals surface area contributed by atoms with E-state index < -0.39 is 44.2 Å². The van der Waals surface area contributed by atoms with Gasteiger partial charge in [-0.25, -0.2) is 22.0 Å². The predicted octanol–water partition coefficient (Wildman–Crippen LogP) is 4.10. The second-order valence-corrected chi connectivity index (χ2v) is 9.54. The highest BCUT2D eigenvalue weighted by atomic mass is 35.5. The number of ether oxygens (including phenoxy) is 1. The number of benzene rings is 2. The Kier molecular flexibility index (Phi) is 7.63. The second kappa shape index (κ2) is 10.3. The summed E-state index contributed by atoms with van der Waals surface area (Å²) in [6.07, 6.45) is 1.15. The fraction of sp³-hybridized carbons (Fsp3) is 0.174. The van der Waals surface area contributed by atoms with Gasteiger partial charge in [-0.1, -0.05) is 11.6 Å². The van der Waals surface area contributed by atoms with Crippen molar-refractivity contribution in [3.05, 3.63) is 88.7 Å². The number of hydrogen-bond acceptors (Lipinski definition) is 6. The van der Waals surface area contributed by atoms with Crippen molar-refractivity contribution in [1.82, 2.24) is 4.98 Å². The molecule has 0 aliphatic heterocycles. The third kappa shape index (κ3) is 5.23. The highest BCUT2D eigenvalue weighted by Crippen LogP contribution is 2.36. The van der Waals surface area contributed by atoms with Gasteiger partial charge in [0.2, 0.25) is 0 Å². The van der Waals surface area contributed by atoms with E-state index in [-0.39, 0.29) is 22.9 Å². The zero-order valence-corrected chi connectivity index (χ0v) is 19.6. The first-order chi connectivity index (χ1) is 16.1. The van der Waals surface area contributed by atoms with E-state index in [2.05, 4.69) is 9.72 Å². The second-order valence-electron chi connectivity index (χ2n) is 7.07. The largest absolute Gasteiger partial charge is 0.459 e. The molecule has 11 heteroatoms. The minimum absolute atomic E-state index is 0.0129. The first-order valence-corrected chi connectivity index (χ1v) is 11.8. The van der Waals surface area contributed by atoms with Crippen molar-refractivity contribution in [2.45, 2.75) is 17.1 Å². The Labute approximate surface area is 199 Å². The fourth-order valence-corrected chi connectivity index (χ4v) is 5.05. The quantitative estimate of drug-likeness (QED) is 0.367. The molecular formula is C23H19ClF2N2O5S. The van der Waals surface area contributed by atoms with E-state index in [1.54, 1.807) is 6.92 Å². The molecule has 178 valence electrons. The molecule has 3 aromatic rings. The van der Waals surface area contributed by atoms with Gasteiger partial charge < -0.3 is 9.64 Å². The number of pyridine rings is 1. The van der Waals surface area contributed by atoms with Gasteiger partial charge in [0, 0.05) is 17.6 Å². The topological polar surface area (TPSA) is 93.6 Å². The van der Waals surface area contributed by atoms with E-state index in [1.807, 2.05) is 0 Å². The van der Waals surface area contributed by atoms with Gasteiger partial charge in [0.25, 0.3) is 0 Å². The van der Waals surface area contributed by atoms with Crippen LogP contribution in [0.1, 0.15) is 23.4 Å². The summed E-state index contributed by atoms with van der Waals surface area (Å²) in [6.45, 7) is 1.56. The highest BCUT2D eigenvalue weighted by molar-refractivity contribution is 7.91. The average molecular weight is 509 g/mol. The number of carbonyl (C=O) groups is 2. The van der Waals surface area contributed by atoms with Crippen molar-refractivity contribution in [3.8, 4) is 0 Å². The van der Waals surface area contributed by atoms with Crippen molar-refractivity contribution in [1.29, 1.82) is 0 Å². The summed E-state index contributed by atoms with van der Waals surface area (Å²) >= 11 is 5.85. The molecule has 3 rings (SSSR count). The number of amides is 1. The summed E-state index contributed by atoms with van der Waals surface area (Å²) in [6, 6.07) is 10.3. The number of rotatable bonds is 6. The molecule has 2 aromatic carbocycles. The van der Waals surface area contributed by atoms with E-state index in [1.165, 1.54) is 43.4 Å². The Bertz CT molecular complexity index is 1320. The smallest absolute Gasteiger partial charge is 0.397 e. The van der Waals surface area contributed by atoms with Crippen LogP contribution in [-0.2, 0) is 24.2 Å². The molecule has 0 radical (unpaired) electrons. The lowest BCUT2D eigenvalue weighted by Gasteiger charge is -2.20. The predicted molar refractivity (Wildman–Crippen MR) is 121 cm³/mol. The van der Waals surface area contributed by atoms with Gasteiger partial charge in [-0.3, -0.25) is 9.78 Å². The molecule has 34 heavy (non-hydrogen) atoms. The molecular weight excluding hydrogens is 490 g/mol. The molecule has 1 aromatic heterocycles. The molecule has 1 heterocycles. The van der Waals surface area contributed by atoms with Crippen LogP contribution in [-0.4, -0.2) is 38.9 Å². The first kappa shape index (κ1) is 25.3. The Morgan fingerprint density at radius 1 is 1.09 bits per heavy atom. The van der Waals surface area contributed by atoms with Gasteiger partial charge in [0.1, 0.15) is 16.9 Å². The molecule has 0 aliphatic carbocycles. The standard InChI is InChI=1S/C23H19ClF2N2O5S/c1-3-33-23(30)22(29)28(2)16-7-11-20(27-13-16)21(18-12-15(25)6-10-19(18)26)34(31,32)17-8-4-14(24)5-9-17/h4-13,21H,3H2,1-2H3. The molecule has 0 N–H and O–H groups in total. The van der Waals surface area contributed by atoms with Crippen LogP contribution in [0, 0.1) is 11.6 Å². The van der Waals surface area contributed by atoms with Crippen LogP contribution in [0.15, 0.2) is 65.7 Å². The van der Waals surface area contributed by atoms with Crippen molar-refractivity contribution in [2.75, 3.05) is 18.6 Å². The zero-order valence-electron chi connectivity index (χ0n) is 18.0. The Hall–Kier alpha value is -3.37. The Balaban J connectivity index is 2.09. The molecule has 0 fully saturated rings. The zero-order chi connectivity index (χ0) is 25.0. The average Bonchev–Trinajstić information content (AvgIpc) is 2.81. The monoisotopic (exact) mass is 508 g/mol. The van der Waals surface area contributed by atoms with E-state index in [0.29, 0.717) is 5.02 Å². The number of hydrogen-bond donors (Lipinski definition) is 0. The molecule has 1 amide bonds.